The molecule has 0 aliphatic carbocycles. The second-order valence-corrected chi connectivity index (χ2v) is 7.01. The van der Waals surface area contributed by atoms with Gasteiger partial charge in [-0.2, -0.15) is 11.8 Å². The Bertz CT molecular complexity index is 149. The van der Waals surface area contributed by atoms with Crippen LogP contribution in [0.2, 0.25) is 0 Å². The van der Waals surface area contributed by atoms with Crippen molar-refractivity contribution in [2.24, 2.45) is 11.8 Å². The van der Waals surface area contributed by atoms with Gasteiger partial charge in [-0.25, -0.2) is 0 Å². The average Bonchev–Trinajstić information content (AvgIpc) is 2.08. The first-order valence-electron chi connectivity index (χ1n) is 6.19. The number of hydrogen-bond acceptors (Lipinski definition) is 2. The lowest BCUT2D eigenvalue weighted by Crippen LogP contribution is -2.40. The summed E-state index contributed by atoms with van der Waals surface area (Å²) in [5, 5.41) is 3.62. The fraction of sp³-hybridized carbons (Fsp3) is 1.00. The summed E-state index contributed by atoms with van der Waals surface area (Å²) in [7, 11) is 0. The predicted molar refractivity (Wildman–Crippen MR) is 73.7 cm³/mol. The van der Waals surface area contributed by atoms with Crippen LogP contribution in [0.4, 0.5) is 0 Å². The maximum absolute atomic E-state index is 3.62. The molecule has 1 unspecified atom stereocenters. The van der Waals surface area contributed by atoms with Gasteiger partial charge in [-0.15, -0.1) is 0 Å². The molecule has 15 heavy (non-hydrogen) atoms. The Morgan fingerprint density at radius 1 is 1.20 bits per heavy atom. The molecule has 0 heterocycles. The minimum Gasteiger partial charge on any atom is -0.312 e. The molecule has 2 heteroatoms. The highest BCUT2D eigenvalue weighted by Gasteiger charge is 2.16. The van der Waals surface area contributed by atoms with E-state index in [-0.39, 0.29) is 5.54 Å². The van der Waals surface area contributed by atoms with E-state index in [0.717, 1.165) is 18.4 Å². The van der Waals surface area contributed by atoms with Crippen LogP contribution in [-0.2, 0) is 0 Å². The normalized spacial score (nSPS) is 14.6. The standard InChI is InChI=1S/C13H29NS/c1-7-15-9-8-12(11(2)3)10-14-13(4,5)6/h11-12,14H,7-10H2,1-6H3. The molecule has 0 rings (SSSR count). The second-order valence-electron chi connectivity index (χ2n) is 5.62. The molecule has 0 saturated carbocycles. The molecule has 0 saturated heterocycles. The van der Waals surface area contributed by atoms with E-state index in [4.69, 9.17) is 0 Å². The van der Waals surface area contributed by atoms with Gasteiger partial charge in [-0.3, -0.25) is 0 Å². The van der Waals surface area contributed by atoms with Crippen molar-refractivity contribution in [3.63, 3.8) is 0 Å². The molecule has 92 valence electrons. The Morgan fingerprint density at radius 2 is 1.80 bits per heavy atom. The smallest absolute Gasteiger partial charge is 0.00966 e. The third-order valence-corrected chi connectivity index (χ3v) is 3.61. The van der Waals surface area contributed by atoms with Crippen LogP contribution in [0.15, 0.2) is 0 Å². The van der Waals surface area contributed by atoms with Gasteiger partial charge in [0.1, 0.15) is 0 Å². The maximum atomic E-state index is 3.62. The maximum Gasteiger partial charge on any atom is 0.00966 e. The lowest BCUT2D eigenvalue weighted by molar-refractivity contribution is 0.308. The van der Waals surface area contributed by atoms with Gasteiger partial charge in [0, 0.05) is 5.54 Å². The predicted octanol–water partition coefficient (Wildman–Crippen LogP) is 3.79. The summed E-state index contributed by atoms with van der Waals surface area (Å²) >= 11 is 2.06. The van der Waals surface area contributed by atoms with Crippen LogP contribution in [0.5, 0.6) is 0 Å². The van der Waals surface area contributed by atoms with Crippen LogP contribution in [0, 0.1) is 11.8 Å². The lowest BCUT2D eigenvalue weighted by atomic mass is 9.92. The largest absolute Gasteiger partial charge is 0.312 e. The topological polar surface area (TPSA) is 12.0 Å². The lowest BCUT2D eigenvalue weighted by Gasteiger charge is -2.27. The summed E-state index contributed by atoms with van der Waals surface area (Å²) in [6.07, 6.45) is 1.35. The molecule has 0 aliphatic heterocycles. The number of thioether (sulfide) groups is 1. The van der Waals surface area contributed by atoms with E-state index < -0.39 is 0 Å². The zero-order valence-corrected chi connectivity index (χ0v) is 12.2. The monoisotopic (exact) mass is 231 g/mol. The molecule has 0 aliphatic rings. The fourth-order valence-corrected chi connectivity index (χ4v) is 2.25. The minimum atomic E-state index is 0.255. The third kappa shape index (κ3) is 9.25. The summed E-state index contributed by atoms with van der Waals surface area (Å²) in [6.45, 7) is 14.8. The Labute approximate surface area is 101 Å². The molecule has 0 aromatic heterocycles. The zero-order chi connectivity index (χ0) is 11.9. The van der Waals surface area contributed by atoms with Crippen LogP contribution in [0.1, 0.15) is 48.0 Å². The molecular weight excluding hydrogens is 202 g/mol. The van der Waals surface area contributed by atoms with Gasteiger partial charge < -0.3 is 5.32 Å². The SMILES string of the molecule is CCSCCC(CNC(C)(C)C)C(C)C. The van der Waals surface area contributed by atoms with Crippen LogP contribution < -0.4 is 5.32 Å². The van der Waals surface area contributed by atoms with Crippen molar-refractivity contribution in [3.8, 4) is 0 Å². The van der Waals surface area contributed by atoms with Gasteiger partial charge in [0.2, 0.25) is 0 Å². The molecule has 0 aromatic carbocycles. The van der Waals surface area contributed by atoms with Gasteiger partial charge in [0.05, 0.1) is 0 Å². The van der Waals surface area contributed by atoms with Crippen LogP contribution >= 0.6 is 11.8 Å². The molecule has 0 radical (unpaired) electrons. The highest BCUT2D eigenvalue weighted by Crippen LogP contribution is 2.18. The van der Waals surface area contributed by atoms with E-state index in [2.05, 4.69) is 58.6 Å². The average molecular weight is 231 g/mol. The van der Waals surface area contributed by atoms with E-state index in [0.29, 0.717) is 0 Å². The van der Waals surface area contributed by atoms with Gasteiger partial charge >= 0.3 is 0 Å². The number of rotatable bonds is 7. The molecule has 1 atom stereocenters. The van der Waals surface area contributed by atoms with Crippen molar-refractivity contribution in [1.29, 1.82) is 0 Å². The van der Waals surface area contributed by atoms with Gasteiger partial charge in [-0.05, 0) is 57.1 Å². The first-order chi connectivity index (χ1) is 6.87. The quantitative estimate of drug-likeness (QED) is 0.669. The Kier molecular flexibility index (Phi) is 7.72. The van der Waals surface area contributed by atoms with Crippen molar-refractivity contribution in [3.05, 3.63) is 0 Å². The Balaban J connectivity index is 3.84. The van der Waals surface area contributed by atoms with E-state index in [1.807, 2.05) is 0 Å². The van der Waals surface area contributed by atoms with Crippen LogP contribution in [0.3, 0.4) is 0 Å². The minimum absolute atomic E-state index is 0.255. The molecule has 0 spiro atoms. The van der Waals surface area contributed by atoms with Gasteiger partial charge in [0.25, 0.3) is 0 Å². The first-order valence-corrected chi connectivity index (χ1v) is 7.35. The highest BCUT2D eigenvalue weighted by atomic mass is 32.2. The number of hydrogen-bond donors (Lipinski definition) is 1. The Morgan fingerprint density at radius 3 is 2.20 bits per heavy atom. The zero-order valence-electron chi connectivity index (χ0n) is 11.4. The fourth-order valence-electron chi connectivity index (χ4n) is 1.49. The molecule has 0 aromatic rings. The Hall–Kier alpha value is 0.310. The van der Waals surface area contributed by atoms with E-state index in [1.165, 1.54) is 17.9 Å². The molecular formula is C13H29NS. The summed E-state index contributed by atoms with van der Waals surface area (Å²) in [6, 6.07) is 0. The molecule has 1 nitrogen and oxygen atoms in total. The van der Waals surface area contributed by atoms with Gasteiger partial charge in [0.15, 0.2) is 0 Å². The molecule has 1 N–H and O–H groups in total. The highest BCUT2D eigenvalue weighted by molar-refractivity contribution is 7.99. The van der Waals surface area contributed by atoms with E-state index >= 15 is 0 Å². The van der Waals surface area contributed by atoms with Crippen molar-refractivity contribution < 1.29 is 0 Å². The summed E-state index contributed by atoms with van der Waals surface area (Å²) < 4.78 is 0. The van der Waals surface area contributed by atoms with Crippen LogP contribution in [0.25, 0.3) is 0 Å². The molecule has 0 bridgehead atoms. The van der Waals surface area contributed by atoms with Crippen LogP contribution in [-0.4, -0.2) is 23.6 Å². The second kappa shape index (κ2) is 7.56. The van der Waals surface area contributed by atoms with Crippen molar-refractivity contribution in [2.75, 3.05) is 18.1 Å². The van der Waals surface area contributed by atoms with Crippen molar-refractivity contribution in [1.82, 2.24) is 5.32 Å². The molecule has 0 amide bonds. The van der Waals surface area contributed by atoms with Crippen molar-refractivity contribution >= 4 is 11.8 Å². The summed E-state index contributed by atoms with van der Waals surface area (Å²) in [5.41, 5.74) is 0.255. The summed E-state index contributed by atoms with van der Waals surface area (Å²) in [5.74, 6) is 4.17. The summed E-state index contributed by atoms with van der Waals surface area (Å²) in [4.78, 5) is 0. The first kappa shape index (κ1) is 15.3. The van der Waals surface area contributed by atoms with Crippen molar-refractivity contribution in [2.45, 2.75) is 53.5 Å². The number of nitrogens with one attached hydrogen (secondary N) is 1. The third-order valence-electron chi connectivity index (χ3n) is 2.67. The molecule has 0 fully saturated rings. The van der Waals surface area contributed by atoms with Gasteiger partial charge in [-0.1, -0.05) is 20.8 Å². The van der Waals surface area contributed by atoms with E-state index in [1.54, 1.807) is 0 Å². The van der Waals surface area contributed by atoms with E-state index in [9.17, 15) is 0 Å².